The second kappa shape index (κ2) is 13.9. The molecule has 5 rings (SSSR count). The highest BCUT2D eigenvalue weighted by Gasteiger charge is 2.23. The molecule has 0 spiro atoms. The third-order valence-corrected chi connectivity index (χ3v) is 8.31. The number of anilines is 2. The zero-order valence-corrected chi connectivity index (χ0v) is 26.7. The SMILES string of the molecule is COc1ccccc1NC(=O)c1ccc(N=Nc2cc(N=Nc3c(O)nc(NC#N)nc3O)c3cc(S(=O)(=O)O)cc(S(=O)(=O)O)c3c2)cc1. The van der Waals surface area contributed by atoms with E-state index < -0.39 is 59.3 Å². The Morgan fingerprint density at radius 3 is 2.10 bits per heavy atom. The molecule has 0 unspecified atom stereocenters. The van der Waals surface area contributed by atoms with Crippen molar-refractivity contribution in [3.05, 3.63) is 78.4 Å². The highest BCUT2D eigenvalue weighted by molar-refractivity contribution is 7.86. The molecule has 21 heteroatoms. The summed E-state index contributed by atoms with van der Waals surface area (Å²) in [5.41, 5.74) is -0.226. The molecule has 0 atom stereocenters. The number of methoxy groups -OCH3 is 1. The molecule has 0 saturated heterocycles. The first-order valence-electron chi connectivity index (χ1n) is 13.6. The molecular weight excluding hydrogens is 699 g/mol. The van der Waals surface area contributed by atoms with Crippen molar-refractivity contribution in [2.45, 2.75) is 9.79 Å². The molecule has 19 nitrogen and oxygen atoms in total. The number of hydrogen-bond acceptors (Lipinski definition) is 16. The van der Waals surface area contributed by atoms with Crippen LogP contribution in [0.1, 0.15) is 10.4 Å². The Morgan fingerprint density at radius 2 is 1.48 bits per heavy atom. The van der Waals surface area contributed by atoms with E-state index in [0.29, 0.717) is 17.5 Å². The van der Waals surface area contributed by atoms with Crippen molar-refractivity contribution in [1.29, 1.82) is 5.26 Å². The van der Waals surface area contributed by atoms with Gasteiger partial charge in [0.15, 0.2) is 6.19 Å². The van der Waals surface area contributed by atoms with Gasteiger partial charge in [-0.05, 0) is 60.7 Å². The number of para-hydroxylation sites is 2. The molecule has 0 aliphatic carbocycles. The summed E-state index contributed by atoms with van der Waals surface area (Å²) in [4.78, 5) is 17.9. The molecule has 5 aromatic rings. The van der Waals surface area contributed by atoms with Crippen LogP contribution in [0.2, 0.25) is 0 Å². The number of carbonyl (C=O) groups excluding carboxylic acids is 1. The maximum absolute atomic E-state index is 12.8. The predicted octanol–water partition coefficient (Wildman–Crippen LogP) is 5.52. The first kappa shape index (κ1) is 34.7. The lowest BCUT2D eigenvalue weighted by atomic mass is 10.1. The van der Waals surface area contributed by atoms with Crippen LogP contribution >= 0.6 is 0 Å². The largest absolute Gasteiger partial charge is 0.495 e. The number of amides is 1. The summed E-state index contributed by atoms with van der Waals surface area (Å²) in [7, 11) is -8.71. The zero-order valence-electron chi connectivity index (χ0n) is 25.1. The Morgan fingerprint density at radius 1 is 0.820 bits per heavy atom. The lowest BCUT2D eigenvalue weighted by Gasteiger charge is -2.10. The number of hydrogen-bond donors (Lipinski definition) is 6. The Kier molecular flexibility index (Phi) is 9.63. The first-order chi connectivity index (χ1) is 23.7. The highest BCUT2D eigenvalue weighted by atomic mass is 32.2. The van der Waals surface area contributed by atoms with Gasteiger partial charge in [0.05, 0.1) is 34.8 Å². The van der Waals surface area contributed by atoms with E-state index in [1.165, 1.54) is 37.6 Å². The highest BCUT2D eigenvalue weighted by Crippen LogP contribution is 2.40. The van der Waals surface area contributed by atoms with Gasteiger partial charge in [-0.1, -0.05) is 12.1 Å². The van der Waals surface area contributed by atoms with Crippen LogP contribution in [0.15, 0.2) is 103 Å². The fourth-order valence-electron chi connectivity index (χ4n) is 4.34. The van der Waals surface area contributed by atoms with Crippen LogP contribution in [0.3, 0.4) is 0 Å². The van der Waals surface area contributed by atoms with Crippen molar-refractivity contribution in [3.8, 4) is 23.7 Å². The smallest absolute Gasteiger partial charge is 0.295 e. The number of rotatable bonds is 10. The number of ether oxygens (including phenoxy) is 1. The monoisotopic (exact) mass is 719 g/mol. The van der Waals surface area contributed by atoms with E-state index in [9.17, 15) is 40.9 Å². The topological polar surface area (TPSA) is 299 Å². The lowest BCUT2D eigenvalue weighted by molar-refractivity contribution is 0.102. The Balaban J connectivity index is 1.57. The van der Waals surface area contributed by atoms with E-state index >= 15 is 0 Å². The average molecular weight is 720 g/mol. The predicted molar refractivity (Wildman–Crippen MR) is 174 cm³/mol. The van der Waals surface area contributed by atoms with E-state index in [4.69, 9.17) is 10.00 Å². The fourth-order valence-corrected chi connectivity index (χ4v) is 5.67. The van der Waals surface area contributed by atoms with E-state index in [1.807, 2.05) is 5.32 Å². The van der Waals surface area contributed by atoms with Gasteiger partial charge in [0.1, 0.15) is 10.6 Å². The molecular formula is C29H21N9O10S2. The normalized spacial score (nSPS) is 11.9. The summed E-state index contributed by atoms with van der Waals surface area (Å²) in [5.74, 6) is -2.33. The van der Waals surface area contributed by atoms with Gasteiger partial charge in [-0.15, -0.1) is 10.2 Å². The van der Waals surface area contributed by atoms with Gasteiger partial charge in [-0.25, -0.2) is 0 Å². The standard InChI is InChI=1S/C29H21N9O10S2/c1-48-23-5-3-2-4-21(23)32-26(39)15-6-8-16(9-7-15)35-36-17-10-20-19(12-18(49(42,43)44)13-24(20)50(45,46)47)22(11-17)37-38-25-27(40)33-29(31-14-30)34-28(25)41/h2-13H,1H3,(H,32,39)(H,42,43,44)(H,45,46,47)(H3,31,33,34,40,41). The second-order valence-electron chi connectivity index (χ2n) is 9.81. The zero-order chi connectivity index (χ0) is 36.2. The second-order valence-corrected chi connectivity index (χ2v) is 12.6. The third kappa shape index (κ3) is 7.75. The summed E-state index contributed by atoms with van der Waals surface area (Å²) in [6.45, 7) is 0. The summed E-state index contributed by atoms with van der Waals surface area (Å²) < 4.78 is 73.5. The van der Waals surface area contributed by atoms with Crippen LogP contribution in [0.25, 0.3) is 10.8 Å². The van der Waals surface area contributed by atoms with Gasteiger partial charge in [-0.2, -0.15) is 42.3 Å². The molecule has 6 N–H and O–H groups in total. The minimum Gasteiger partial charge on any atom is -0.495 e. The van der Waals surface area contributed by atoms with Crippen LogP contribution in [0, 0.1) is 11.5 Å². The van der Waals surface area contributed by atoms with Crippen LogP contribution in [0.4, 0.5) is 34.4 Å². The van der Waals surface area contributed by atoms with Crippen LogP contribution < -0.4 is 15.4 Å². The molecule has 254 valence electrons. The fraction of sp³-hybridized carbons (Fsp3) is 0.0345. The summed E-state index contributed by atoms with van der Waals surface area (Å²) in [5, 5.41) is 48.9. The summed E-state index contributed by atoms with van der Waals surface area (Å²) in [6, 6.07) is 16.3. The maximum Gasteiger partial charge on any atom is 0.295 e. The Bertz CT molecular complexity index is 2460. The van der Waals surface area contributed by atoms with E-state index in [0.717, 1.165) is 18.2 Å². The Labute approximate surface area is 281 Å². The molecule has 4 aromatic carbocycles. The number of azo groups is 2. The number of fused-ring (bicyclic) bond motifs is 1. The first-order valence-corrected chi connectivity index (χ1v) is 16.5. The molecule has 0 aliphatic heterocycles. The van der Waals surface area contributed by atoms with Gasteiger partial charge in [-0.3, -0.25) is 19.2 Å². The van der Waals surface area contributed by atoms with Crippen molar-refractivity contribution >= 4 is 71.3 Å². The number of benzene rings is 4. The van der Waals surface area contributed by atoms with Crippen molar-refractivity contribution < 1.29 is 45.7 Å². The molecule has 0 saturated carbocycles. The molecule has 0 fully saturated rings. The van der Waals surface area contributed by atoms with Crippen molar-refractivity contribution in [2.75, 3.05) is 17.7 Å². The molecule has 50 heavy (non-hydrogen) atoms. The van der Waals surface area contributed by atoms with Crippen LogP contribution in [-0.4, -0.2) is 59.1 Å². The number of carbonyl (C=O) groups is 1. The number of aromatic nitrogens is 2. The minimum atomic E-state index is -5.14. The molecule has 0 bridgehead atoms. The molecule has 1 aromatic heterocycles. The molecule has 1 amide bonds. The average Bonchev–Trinajstić information content (AvgIpc) is 3.06. The summed E-state index contributed by atoms with van der Waals surface area (Å²) in [6.07, 6.45) is 1.49. The minimum absolute atomic E-state index is 0.118. The van der Waals surface area contributed by atoms with Gasteiger partial charge in [0, 0.05) is 16.3 Å². The number of nitrogens with zero attached hydrogens (tertiary/aromatic N) is 7. The van der Waals surface area contributed by atoms with Crippen molar-refractivity contribution in [3.63, 3.8) is 0 Å². The van der Waals surface area contributed by atoms with Crippen LogP contribution in [-0.2, 0) is 20.2 Å². The van der Waals surface area contributed by atoms with E-state index in [1.54, 1.807) is 24.3 Å². The third-order valence-electron chi connectivity index (χ3n) is 6.58. The van der Waals surface area contributed by atoms with Crippen molar-refractivity contribution in [1.82, 2.24) is 9.97 Å². The lowest BCUT2D eigenvalue weighted by Crippen LogP contribution is -2.12. The van der Waals surface area contributed by atoms with Gasteiger partial charge < -0.3 is 20.3 Å². The molecule has 1 heterocycles. The van der Waals surface area contributed by atoms with Gasteiger partial charge in [0.2, 0.25) is 23.4 Å². The van der Waals surface area contributed by atoms with E-state index in [-0.39, 0.29) is 33.4 Å². The number of nitriles is 1. The molecule has 0 radical (unpaired) electrons. The van der Waals surface area contributed by atoms with Crippen LogP contribution in [0.5, 0.6) is 17.5 Å². The molecule has 0 aliphatic rings. The maximum atomic E-state index is 12.8. The summed E-state index contributed by atoms with van der Waals surface area (Å²) >= 11 is 0. The number of aromatic hydroxyl groups is 2. The van der Waals surface area contributed by atoms with Crippen molar-refractivity contribution in [2.24, 2.45) is 20.5 Å². The quantitative estimate of drug-likeness (QED) is 0.0448. The number of nitrogens with one attached hydrogen (secondary N) is 2. The van der Waals surface area contributed by atoms with Gasteiger partial charge in [0.25, 0.3) is 26.1 Å². The van der Waals surface area contributed by atoms with E-state index in [2.05, 4.69) is 35.7 Å². The van der Waals surface area contributed by atoms with Gasteiger partial charge >= 0.3 is 0 Å². The Hall–Kier alpha value is -6.60.